The van der Waals surface area contributed by atoms with Crippen molar-refractivity contribution in [2.24, 2.45) is 5.34 Å². The third-order valence-corrected chi connectivity index (χ3v) is 0. The zero-order valence-electron chi connectivity index (χ0n) is 3.55. The Bertz CT molecular complexity index is 57.4. The van der Waals surface area contributed by atoms with Crippen molar-refractivity contribution in [2.45, 2.75) is 0 Å². The first-order valence-electron chi connectivity index (χ1n) is 0.930. The summed E-state index contributed by atoms with van der Waals surface area (Å²) in [6, 6.07) is 0. The Morgan fingerprint density at radius 3 is 1.50 bits per heavy atom. The first kappa shape index (κ1) is 15.6. The van der Waals surface area contributed by atoms with E-state index in [2.05, 4.69) is 0 Å². The van der Waals surface area contributed by atoms with Crippen LogP contribution >= 0.6 is 0 Å². The number of hydrogen-bond donors (Lipinski definition) is 1. The van der Waals surface area contributed by atoms with Crippen molar-refractivity contribution in [3.63, 3.8) is 0 Å². The fraction of sp³-hybridized carbons (Fsp3) is 0. The van der Waals surface area contributed by atoms with Crippen LogP contribution in [0, 0.1) is 20.2 Å². The second kappa shape index (κ2) is 16.0. The molecule has 0 radical (unpaired) electrons. The van der Waals surface area contributed by atoms with E-state index in [1.807, 2.05) is 0 Å². The molecule has 0 bridgehead atoms. The van der Waals surface area contributed by atoms with Crippen molar-refractivity contribution in [1.82, 2.24) is 0 Å². The Morgan fingerprint density at radius 2 is 1.50 bits per heavy atom. The van der Waals surface area contributed by atoms with Crippen molar-refractivity contribution >= 4 is 27.3 Å². The molecule has 0 heterocycles. The van der Waals surface area contributed by atoms with Crippen LogP contribution in [0.1, 0.15) is 0 Å². The van der Waals surface area contributed by atoms with Gasteiger partial charge in [0.2, 0.25) is 0 Å². The fourth-order valence-corrected chi connectivity index (χ4v) is 0. The van der Waals surface area contributed by atoms with E-state index >= 15 is 0 Å². The Labute approximate surface area is 63.5 Å². The summed E-state index contributed by atoms with van der Waals surface area (Å²) in [4.78, 5) is 16.4. The topological polar surface area (TPSA) is 116 Å². The third-order valence-electron chi connectivity index (χ3n) is 0. The molecule has 0 aromatic rings. The minimum atomic E-state index is -1.75. The summed E-state index contributed by atoms with van der Waals surface area (Å²) in [6.45, 7) is 0. The van der Waals surface area contributed by atoms with Crippen LogP contribution < -0.4 is 0 Å². The molecule has 0 unspecified atom stereocenters. The Morgan fingerprint density at radius 1 is 1.50 bits per heavy atom. The van der Waals surface area contributed by atoms with Gasteiger partial charge in [-0.05, 0) is 0 Å². The van der Waals surface area contributed by atoms with E-state index in [1.165, 1.54) is 5.34 Å². The minimum absolute atomic E-state index is 0. The average Bonchev–Trinajstić information content (AvgIpc) is 1.33. The van der Waals surface area contributed by atoms with Crippen LogP contribution in [0.15, 0.2) is 5.34 Å². The molecule has 0 aliphatic carbocycles. The van der Waals surface area contributed by atoms with E-state index in [0.717, 1.165) is 0 Å². The molecule has 0 aromatic carbocycles. The molecule has 0 fully saturated rings. The van der Waals surface area contributed by atoms with E-state index in [0.29, 0.717) is 0 Å². The number of hydrogen-bond acceptors (Lipinski definition) is 5. The van der Waals surface area contributed by atoms with Crippen molar-refractivity contribution in [2.75, 3.05) is 0 Å². The second-order valence-corrected chi connectivity index (χ2v) is 0.305. The van der Waals surface area contributed by atoms with Gasteiger partial charge in [0, 0.05) is 0 Å². The normalized spacial score (nSPS) is 4.50. The number of rotatable bonds is 0. The summed E-state index contributed by atoms with van der Waals surface area (Å²) < 4.78 is 0. The molecule has 8 heteroatoms. The van der Waals surface area contributed by atoms with Crippen molar-refractivity contribution in [3.8, 4) is 0 Å². The van der Waals surface area contributed by atoms with E-state index in [-0.39, 0.29) is 27.3 Å². The SMILES string of the molecule is O=NO.O=[N+]([O-])[O-].[Tl+]. The maximum atomic E-state index is 8.25. The summed E-state index contributed by atoms with van der Waals surface area (Å²) in [7, 11) is 0. The second-order valence-electron chi connectivity index (χ2n) is 0.305. The van der Waals surface area contributed by atoms with Gasteiger partial charge in [-0.2, -0.15) is 0 Å². The van der Waals surface area contributed by atoms with E-state index in [4.69, 9.17) is 25.4 Å². The van der Waals surface area contributed by atoms with Gasteiger partial charge in [0.15, 0.2) is 5.34 Å². The Balaban J connectivity index is -0.0000000575. The van der Waals surface area contributed by atoms with Crippen LogP contribution in [0.2, 0.25) is 0 Å². The van der Waals surface area contributed by atoms with Crippen LogP contribution in [-0.4, -0.2) is 37.6 Å². The molecule has 7 nitrogen and oxygen atoms in total. The first-order valence-corrected chi connectivity index (χ1v) is 0.930. The quantitative estimate of drug-likeness (QED) is 0.281. The molecule has 0 aromatic heterocycles. The standard InChI is InChI=1S/NO3.HNO2.Tl/c2-1(3)4;2-1-3;/h;(H,2,3);/q-1;;+1. The van der Waals surface area contributed by atoms with Crippen molar-refractivity contribution in [1.29, 1.82) is 0 Å². The molecular formula is HN2O5Tl. The van der Waals surface area contributed by atoms with Gasteiger partial charge < -0.3 is 20.5 Å². The van der Waals surface area contributed by atoms with Gasteiger partial charge in [-0.1, -0.05) is 0 Å². The predicted octanol–water partition coefficient (Wildman–Crippen LogP) is -0.478. The van der Waals surface area contributed by atoms with Crippen LogP contribution in [0.4, 0.5) is 0 Å². The van der Waals surface area contributed by atoms with Crippen LogP contribution in [0.5, 0.6) is 0 Å². The maximum absolute atomic E-state index is 8.25. The summed E-state index contributed by atoms with van der Waals surface area (Å²) in [5, 5.41) is 22.6. The van der Waals surface area contributed by atoms with Gasteiger partial charge in [-0.25, -0.2) is 0 Å². The fourth-order valence-electron chi connectivity index (χ4n) is 0. The Hall–Kier alpha value is -0.478. The molecule has 8 heavy (non-hydrogen) atoms. The molecule has 0 atom stereocenters. The van der Waals surface area contributed by atoms with Crippen molar-refractivity contribution in [3.05, 3.63) is 20.2 Å². The van der Waals surface area contributed by atoms with Crippen molar-refractivity contribution < 1.29 is 10.3 Å². The molecule has 0 aliphatic rings. The van der Waals surface area contributed by atoms with Gasteiger partial charge >= 0.3 is 27.3 Å². The summed E-state index contributed by atoms with van der Waals surface area (Å²) >= 11 is 0. The summed E-state index contributed by atoms with van der Waals surface area (Å²) in [5.74, 6) is 0. The predicted molar refractivity (Wildman–Crippen MR) is 23.7 cm³/mol. The van der Waals surface area contributed by atoms with Gasteiger partial charge in [0.05, 0.1) is 5.09 Å². The zero-order valence-corrected chi connectivity index (χ0v) is 8.04. The van der Waals surface area contributed by atoms with E-state index < -0.39 is 5.09 Å². The zero-order chi connectivity index (χ0) is 6.28. The smallest absolute Gasteiger partial charge is 0.379 e. The third kappa shape index (κ3) is 494. The largest absolute Gasteiger partial charge is 1.00 e. The van der Waals surface area contributed by atoms with Gasteiger partial charge in [0.25, 0.3) is 0 Å². The molecule has 1 N–H and O–H groups in total. The van der Waals surface area contributed by atoms with Gasteiger partial charge in [-0.3, -0.25) is 0 Å². The summed E-state index contributed by atoms with van der Waals surface area (Å²) in [5.41, 5.74) is 0. The van der Waals surface area contributed by atoms with Crippen LogP contribution in [0.25, 0.3) is 0 Å². The average molecular weight is 313 g/mol. The molecule has 44 valence electrons. The van der Waals surface area contributed by atoms with Gasteiger partial charge in [0.1, 0.15) is 0 Å². The molecule has 0 rings (SSSR count). The molecule has 0 amide bonds. The summed E-state index contributed by atoms with van der Waals surface area (Å²) in [6.07, 6.45) is 0. The number of nitrogens with zero attached hydrogens (tertiary/aromatic N) is 2. The minimum Gasteiger partial charge on any atom is -0.379 e. The Kier molecular flexibility index (Phi) is 31.4. The van der Waals surface area contributed by atoms with Gasteiger partial charge in [-0.15, -0.1) is 4.91 Å². The molecule has 0 aliphatic heterocycles. The molecule has 0 spiro atoms. The molecule has 0 saturated heterocycles. The maximum Gasteiger partial charge on any atom is 1.00 e. The van der Waals surface area contributed by atoms with E-state index in [9.17, 15) is 0 Å². The first-order chi connectivity index (χ1) is 3.15. The monoisotopic (exact) mass is 314 g/mol. The van der Waals surface area contributed by atoms with E-state index in [1.54, 1.807) is 0 Å². The van der Waals surface area contributed by atoms with Crippen LogP contribution in [-0.2, 0) is 0 Å². The molecular weight excluding hydrogens is 312 g/mol. The molecule has 0 saturated carbocycles. The van der Waals surface area contributed by atoms with Crippen LogP contribution in [0.3, 0.4) is 0 Å².